The van der Waals surface area contributed by atoms with E-state index in [1.165, 1.54) is 18.3 Å². The molecule has 2 heterocycles. The van der Waals surface area contributed by atoms with Gasteiger partial charge in [-0.3, -0.25) is 18.9 Å². The van der Waals surface area contributed by atoms with Crippen molar-refractivity contribution in [1.82, 2.24) is 9.55 Å². The standard InChI is InChI=1S/C9H11N2O7P/c12-6-3-4-11(9(13)10-6)7-1-2-8(18-7)17-5-19(14,15)16/h1-4,7-8H,5H2,(H,10,12,13)(H2,14,15,16). The number of nitrogens with zero attached hydrogens (tertiary/aromatic N) is 1. The van der Waals surface area contributed by atoms with E-state index in [0.29, 0.717) is 0 Å². The zero-order valence-electron chi connectivity index (χ0n) is 9.50. The summed E-state index contributed by atoms with van der Waals surface area (Å²) in [6.45, 7) is 0. The van der Waals surface area contributed by atoms with Crippen molar-refractivity contribution < 1.29 is 23.8 Å². The number of rotatable bonds is 4. The van der Waals surface area contributed by atoms with Gasteiger partial charge in [-0.2, -0.15) is 0 Å². The first-order valence-corrected chi connectivity index (χ1v) is 6.96. The second kappa shape index (κ2) is 5.24. The minimum atomic E-state index is -4.28. The monoisotopic (exact) mass is 290 g/mol. The Labute approximate surface area is 106 Å². The van der Waals surface area contributed by atoms with Crippen molar-refractivity contribution in [1.29, 1.82) is 0 Å². The lowest BCUT2D eigenvalue weighted by atomic mass is 10.5. The quantitative estimate of drug-likeness (QED) is 0.483. The third-order valence-electron chi connectivity index (χ3n) is 2.24. The summed E-state index contributed by atoms with van der Waals surface area (Å²) in [5.41, 5.74) is -1.18. The fourth-order valence-corrected chi connectivity index (χ4v) is 1.81. The molecule has 9 nitrogen and oxygen atoms in total. The highest BCUT2D eigenvalue weighted by atomic mass is 31.2. The maximum absolute atomic E-state index is 11.5. The smallest absolute Gasteiger partial charge is 0.336 e. The van der Waals surface area contributed by atoms with Crippen molar-refractivity contribution >= 4 is 7.60 Å². The van der Waals surface area contributed by atoms with E-state index in [0.717, 1.165) is 10.6 Å². The predicted octanol–water partition coefficient (Wildman–Crippen LogP) is -0.901. The van der Waals surface area contributed by atoms with Crippen LogP contribution in [0.4, 0.5) is 0 Å². The van der Waals surface area contributed by atoms with Crippen molar-refractivity contribution in [3.63, 3.8) is 0 Å². The Kier molecular flexibility index (Phi) is 3.83. The van der Waals surface area contributed by atoms with Gasteiger partial charge in [0.2, 0.25) is 0 Å². The maximum atomic E-state index is 11.5. The van der Waals surface area contributed by atoms with Crippen LogP contribution in [0, 0.1) is 0 Å². The number of hydrogen-bond acceptors (Lipinski definition) is 5. The molecule has 0 spiro atoms. The number of H-pyrrole nitrogens is 1. The predicted molar refractivity (Wildman–Crippen MR) is 62.4 cm³/mol. The van der Waals surface area contributed by atoms with Crippen LogP contribution in [-0.4, -0.2) is 32.0 Å². The summed E-state index contributed by atoms with van der Waals surface area (Å²) in [6, 6.07) is 1.16. The minimum absolute atomic E-state index is 0.530. The number of nitrogens with one attached hydrogen (secondary N) is 1. The van der Waals surface area contributed by atoms with E-state index in [4.69, 9.17) is 19.3 Å². The molecule has 3 N–H and O–H groups in total. The molecule has 10 heteroatoms. The molecule has 1 aliphatic heterocycles. The van der Waals surface area contributed by atoms with Crippen molar-refractivity contribution in [2.75, 3.05) is 6.35 Å². The van der Waals surface area contributed by atoms with E-state index in [9.17, 15) is 14.2 Å². The molecule has 0 saturated carbocycles. The molecule has 0 aromatic carbocycles. The van der Waals surface area contributed by atoms with E-state index >= 15 is 0 Å². The van der Waals surface area contributed by atoms with Gasteiger partial charge >= 0.3 is 13.3 Å². The molecule has 2 unspecified atom stereocenters. The summed E-state index contributed by atoms with van der Waals surface area (Å²) in [4.78, 5) is 41.7. The fraction of sp³-hybridized carbons (Fsp3) is 0.333. The molecule has 2 atom stereocenters. The molecule has 1 aromatic rings. The average molecular weight is 290 g/mol. The zero-order chi connectivity index (χ0) is 14.0. The Hall–Kier alpha value is -1.51. The van der Waals surface area contributed by atoms with Crippen molar-refractivity contribution in [3.05, 3.63) is 45.3 Å². The first-order chi connectivity index (χ1) is 8.85. The van der Waals surface area contributed by atoms with Crippen LogP contribution in [0.2, 0.25) is 0 Å². The molecule has 0 radical (unpaired) electrons. The first kappa shape index (κ1) is 13.9. The van der Waals surface area contributed by atoms with Gasteiger partial charge in [0.05, 0.1) is 0 Å². The average Bonchev–Trinajstić information content (AvgIpc) is 2.74. The molecule has 0 amide bonds. The Morgan fingerprint density at radius 3 is 2.79 bits per heavy atom. The molecule has 2 rings (SSSR count). The number of hydrogen-bond donors (Lipinski definition) is 3. The van der Waals surface area contributed by atoms with Gasteiger partial charge in [0.1, 0.15) is 0 Å². The van der Waals surface area contributed by atoms with Gasteiger partial charge < -0.3 is 19.3 Å². The number of aromatic amines is 1. The molecule has 0 saturated heterocycles. The summed E-state index contributed by atoms with van der Waals surface area (Å²) in [5, 5.41) is 0. The van der Waals surface area contributed by atoms with Gasteiger partial charge in [-0.15, -0.1) is 0 Å². The minimum Gasteiger partial charge on any atom is -0.336 e. The molecule has 1 aliphatic rings. The van der Waals surface area contributed by atoms with Crippen molar-refractivity contribution in [2.45, 2.75) is 12.5 Å². The van der Waals surface area contributed by atoms with Gasteiger partial charge in [0, 0.05) is 12.3 Å². The van der Waals surface area contributed by atoms with Crippen LogP contribution < -0.4 is 11.2 Å². The van der Waals surface area contributed by atoms with Crippen LogP contribution in [0.25, 0.3) is 0 Å². The zero-order valence-corrected chi connectivity index (χ0v) is 10.4. The molecular weight excluding hydrogens is 279 g/mol. The highest BCUT2D eigenvalue weighted by molar-refractivity contribution is 7.51. The lowest BCUT2D eigenvalue weighted by Gasteiger charge is -2.16. The van der Waals surface area contributed by atoms with E-state index in [2.05, 4.69) is 4.98 Å². The second-order valence-electron chi connectivity index (χ2n) is 3.76. The summed E-state index contributed by atoms with van der Waals surface area (Å²) >= 11 is 0. The van der Waals surface area contributed by atoms with Crippen LogP contribution in [0.1, 0.15) is 6.23 Å². The fourth-order valence-electron chi connectivity index (χ4n) is 1.47. The Bertz CT molecular complexity index is 642. The van der Waals surface area contributed by atoms with Crippen LogP contribution >= 0.6 is 7.60 Å². The van der Waals surface area contributed by atoms with Gasteiger partial charge in [-0.05, 0) is 12.2 Å². The SMILES string of the molecule is O=c1ccn(C2C=CC(OCP(=O)(O)O)O2)c(=O)[nH]1. The first-order valence-electron chi connectivity index (χ1n) is 5.16. The third kappa shape index (κ3) is 3.72. The topological polar surface area (TPSA) is 131 Å². The van der Waals surface area contributed by atoms with Gasteiger partial charge in [0.25, 0.3) is 5.56 Å². The molecular formula is C9H11N2O7P. The molecule has 19 heavy (non-hydrogen) atoms. The molecule has 0 fully saturated rings. The van der Waals surface area contributed by atoms with Crippen LogP contribution in [-0.2, 0) is 14.0 Å². The largest absolute Gasteiger partial charge is 0.351 e. The van der Waals surface area contributed by atoms with Gasteiger partial charge in [-0.1, -0.05) is 0 Å². The van der Waals surface area contributed by atoms with Gasteiger partial charge in [-0.25, -0.2) is 4.79 Å². The summed E-state index contributed by atoms with van der Waals surface area (Å²) in [6.07, 6.45) is 1.60. The Morgan fingerprint density at radius 2 is 2.16 bits per heavy atom. The van der Waals surface area contributed by atoms with Crippen LogP contribution in [0.5, 0.6) is 0 Å². The van der Waals surface area contributed by atoms with Gasteiger partial charge in [0.15, 0.2) is 18.9 Å². The van der Waals surface area contributed by atoms with Crippen LogP contribution in [0.15, 0.2) is 34.0 Å². The summed E-state index contributed by atoms with van der Waals surface area (Å²) in [7, 11) is -4.28. The van der Waals surface area contributed by atoms with E-state index < -0.39 is 37.7 Å². The second-order valence-corrected chi connectivity index (χ2v) is 5.35. The van der Waals surface area contributed by atoms with E-state index in [1.54, 1.807) is 0 Å². The van der Waals surface area contributed by atoms with Crippen molar-refractivity contribution in [3.8, 4) is 0 Å². The third-order valence-corrected chi connectivity index (χ3v) is 2.72. The Morgan fingerprint density at radius 1 is 1.42 bits per heavy atom. The number of aromatic nitrogens is 2. The normalized spacial score (nSPS) is 22.8. The highest BCUT2D eigenvalue weighted by Crippen LogP contribution is 2.35. The highest BCUT2D eigenvalue weighted by Gasteiger charge is 2.24. The van der Waals surface area contributed by atoms with E-state index in [-0.39, 0.29) is 0 Å². The molecule has 104 valence electrons. The maximum Gasteiger partial charge on any atom is 0.351 e. The molecule has 0 bridgehead atoms. The number of ether oxygens (including phenoxy) is 2. The van der Waals surface area contributed by atoms with Crippen LogP contribution in [0.3, 0.4) is 0 Å². The lowest BCUT2D eigenvalue weighted by molar-refractivity contribution is -0.127. The Balaban J connectivity index is 2.03. The lowest BCUT2D eigenvalue weighted by Crippen LogP contribution is -2.31. The van der Waals surface area contributed by atoms with E-state index in [1.807, 2.05) is 0 Å². The molecule has 1 aromatic heterocycles. The molecule has 0 aliphatic carbocycles. The van der Waals surface area contributed by atoms with Crippen molar-refractivity contribution in [2.24, 2.45) is 0 Å². The summed E-state index contributed by atoms with van der Waals surface area (Å²) in [5.74, 6) is 0. The summed E-state index contributed by atoms with van der Waals surface area (Å²) < 4.78 is 21.8.